The zero-order valence-corrected chi connectivity index (χ0v) is 9.48. The minimum atomic E-state index is 0.791. The van der Waals surface area contributed by atoms with Crippen molar-refractivity contribution in [1.29, 1.82) is 0 Å². The van der Waals surface area contributed by atoms with Gasteiger partial charge in [-0.2, -0.15) is 0 Å². The van der Waals surface area contributed by atoms with Crippen LogP contribution in [0.4, 0.5) is 0 Å². The van der Waals surface area contributed by atoms with Gasteiger partial charge in [0, 0.05) is 18.9 Å². The summed E-state index contributed by atoms with van der Waals surface area (Å²) in [5.74, 6) is 0. The lowest BCUT2D eigenvalue weighted by molar-refractivity contribution is 0.153. The van der Waals surface area contributed by atoms with Gasteiger partial charge in [-0.05, 0) is 37.1 Å². The second kappa shape index (κ2) is 6.40. The van der Waals surface area contributed by atoms with E-state index in [1.54, 1.807) is 0 Å². The molecule has 16 heavy (non-hydrogen) atoms. The van der Waals surface area contributed by atoms with E-state index >= 15 is 0 Å². The van der Waals surface area contributed by atoms with Gasteiger partial charge < -0.3 is 10.1 Å². The van der Waals surface area contributed by atoms with Crippen molar-refractivity contribution >= 4 is 0 Å². The Balaban J connectivity index is 1.63. The van der Waals surface area contributed by atoms with Gasteiger partial charge in [-0.1, -0.05) is 11.6 Å². The second-order valence-electron chi connectivity index (χ2n) is 3.97. The Morgan fingerprint density at radius 2 is 2.19 bits per heavy atom. The van der Waals surface area contributed by atoms with Gasteiger partial charge >= 0.3 is 0 Å². The number of nitrogens with one attached hydrogen (secondary N) is 1. The Kier molecular flexibility index (Phi) is 4.52. The molecule has 2 heterocycles. The molecule has 1 N–H and O–H groups in total. The maximum atomic E-state index is 5.27. The molecule has 3 nitrogen and oxygen atoms in total. The molecule has 0 atom stereocenters. The first kappa shape index (κ1) is 11.3. The monoisotopic (exact) mass is 218 g/mol. The average molecular weight is 218 g/mol. The van der Waals surface area contributed by atoms with Gasteiger partial charge in [0.2, 0.25) is 0 Å². The van der Waals surface area contributed by atoms with E-state index in [-0.39, 0.29) is 0 Å². The van der Waals surface area contributed by atoms with Crippen LogP contribution in [0.15, 0.2) is 36.2 Å². The summed E-state index contributed by atoms with van der Waals surface area (Å²) < 4.78 is 5.27. The zero-order valence-electron chi connectivity index (χ0n) is 9.48. The molecule has 0 unspecified atom stereocenters. The van der Waals surface area contributed by atoms with E-state index in [1.165, 1.54) is 11.1 Å². The summed E-state index contributed by atoms with van der Waals surface area (Å²) in [5.41, 5.74) is 2.81. The van der Waals surface area contributed by atoms with Crippen molar-refractivity contribution in [2.45, 2.75) is 19.4 Å². The predicted octanol–water partition coefficient (Wildman–Crippen LogP) is 1.91. The largest absolute Gasteiger partial charge is 0.377 e. The molecule has 0 bridgehead atoms. The van der Waals surface area contributed by atoms with Crippen LogP contribution in [-0.2, 0) is 11.3 Å². The fraction of sp³-hybridized carbons (Fsp3) is 0.462. The Morgan fingerprint density at radius 1 is 1.31 bits per heavy atom. The van der Waals surface area contributed by atoms with Crippen LogP contribution in [-0.4, -0.2) is 24.7 Å². The predicted molar refractivity (Wildman–Crippen MR) is 64.1 cm³/mol. The quantitative estimate of drug-likeness (QED) is 0.605. The van der Waals surface area contributed by atoms with E-state index in [1.807, 2.05) is 24.5 Å². The summed E-state index contributed by atoms with van der Waals surface area (Å²) in [4.78, 5) is 4.00. The highest BCUT2D eigenvalue weighted by Crippen LogP contribution is 2.10. The lowest BCUT2D eigenvalue weighted by Gasteiger charge is -2.13. The zero-order chi connectivity index (χ0) is 11.1. The van der Waals surface area contributed by atoms with Crippen molar-refractivity contribution in [3.63, 3.8) is 0 Å². The second-order valence-corrected chi connectivity index (χ2v) is 3.97. The molecular formula is C13H18N2O. The Morgan fingerprint density at radius 3 is 2.94 bits per heavy atom. The van der Waals surface area contributed by atoms with Crippen molar-refractivity contribution in [3.05, 3.63) is 41.7 Å². The first-order chi connectivity index (χ1) is 7.95. The van der Waals surface area contributed by atoms with Crippen molar-refractivity contribution in [2.75, 3.05) is 19.8 Å². The minimum absolute atomic E-state index is 0.791. The minimum Gasteiger partial charge on any atom is -0.377 e. The van der Waals surface area contributed by atoms with Crippen LogP contribution in [0.1, 0.15) is 18.4 Å². The molecular weight excluding hydrogens is 200 g/mol. The molecule has 1 aliphatic rings. The molecule has 0 fully saturated rings. The molecule has 0 spiro atoms. The SMILES string of the molecule is C1=C(CCNCc2ccncc2)CCOC1. The molecule has 0 saturated heterocycles. The molecule has 1 aromatic heterocycles. The van der Waals surface area contributed by atoms with Crippen LogP contribution in [0.5, 0.6) is 0 Å². The van der Waals surface area contributed by atoms with Crippen LogP contribution in [0, 0.1) is 0 Å². The number of ether oxygens (including phenoxy) is 1. The fourth-order valence-corrected chi connectivity index (χ4v) is 1.77. The van der Waals surface area contributed by atoms with Crippen molar-refractivity contribution in [3.8, 4) is 0 Å². The summed E-state index contributed by atoms with van der Waals surface area (Å²) in [6.45, 7) is 3.64. The maximum Gasteiger partial charge on any atom is 0.0650 e. The van der Waals surface area contributed by atoms with Crippen LogP contribution in [0.25, 0.3) is 0 Å². The molecule has 1 aromatic rings. The summed E-state index contributed by atoms with van der Waals surface area (Å²) >= 11 is 0. The fourth-order valence-electron chi connectivity index (χ4n) is 1.77. The maximum absolute atomic E-state index is 5.27. The molecule has 2 rings (SSSR count). The third-order valence-corrected chi connectivity index (χ3v) is 2.76. The van der Waals surface area contributed by atoms with E-state index in [0.717, 1.165) is 39.1 Å². The topological polar surface area (TPSA) is 34.2 Å². The lowest BCUT2D eigenvalue weighted by atomic mass is 10.1. The third kappa shape index (κ3) is 3.76. The van der Waals surface area contributed by atoms with E-state index in [4.69, 9.17) is 4.74 Å². The standard InChI is InChI=1S/C13H18N2O/c1(12-4-9-16-10-5-12)8-15-11-13-2-6-14-7-3-13/h2-4,6-7,15H,1,5,8-11H2. The van der Waals surface area contributed by atoms with Gasteiger partial charge in [-0.25, -0.2) is 0 Å². The summed E-state index contributed by atoms with van der Waals surface area (Å²) in [7, 11) is 0. The van der Waals surface area contributed by atoms with E-state index in [9.17, 15) is 0 Å². The van der Waals surface area contributed by atoms with Crippen LogP contribution in [0.3, 0.4) is 0 Å². The Labute approximate surface area is 96.5 Å². The molecule has 0 amide bonds. The molecule has 0 saturated carbocycles. The Hall–Kier alpha value is -1.19. The number of hydrogen-bond acceptors (Lipinski definition) is 3. The summed E-state index contributed by atoms with van der Waals surface area (Å²) in [6, 6.07) is 4.08. The van der Waals surface area contributed by atoms with E-state index in [0.29, 0.717) is 0 Å². The first-order valence-corrected chi connectivity index (χ1v) is 5.80. The van der Waals surface area contributed by atoms with Gasteiger partial charge in [-0.3, -0.25) is 4.98 Å². The van der Waals surface area contributed by atoms with E-state index in [2.05, 4.69) is 16.4 Å². The first-order valence-electron chi connectivity index (χ1n) is 5.80. The van der Waals surface area contributed by atoms with Crippen molar-refractivity contribution < 1.29 is 4.74 Å². The molecule has 0 radical (unpaired) electrons. The van der Waals surface area contributed by atoms with Crippen molar-refractivity contribution in [2.24, 2.45) is 0 Å². The summed E-state index contributed by atoms with van der Waals surface area (Å²) in [6.07, 6.45) is 8.10. The normalized spacial score (nSPS) is 15.9. The molecule has 1 aliphatic heterocycles. The van der Waals surface area contributed by atoms with E-state index < -0.39 is 0 Å². The number of aromatic nitrogens is 1. The van der Waals surface area contributed by atoms with Gasteiger partial charge in [0.25, 0.3) is 0 Å². The van der Waals surface area contributed by atoms with Gasteiger partial charge in [0.05, 0.1) is 13.2 Å². The van der Waals surface area contributed by atoms with Crippen molar-refractivity contribution in [1.82, 2.24) is 10.3 Å². The third-order valence-electron chi connectivity index (χ3n) is 2.76. The van der Waals surface area contributed by atoms with Gasteiger partial charge in [0.15, 0.2) is 0 Å². The smallest absolute Gasteiger partial charge is 0.0650 e. The average Bonchev–Trinajstić information content (AvgIpc) is 2.37. The van der Waals surface area contributed by atoms with Gasteiger partial charge in [0.1, 0.15) is 0 Å². The van der Waals surface area contributed by atoms with Crippen LogP contribution >= 0.6 is 0 Å². The highest BCUT2D eigenvalue weighted by Gasteiger charge is 2.02. The molecule has 86 valence electrons. The number of rotatable bonds is 5. The molecule has 0 aromatic carbocycles. The summed E-state index contributed by atoms with van der Waals surface area (Å²) in [5, 5.41) is 3.44. The number of nitrogens with zero attached hydrogens (tertiary/aromatic N) is 1. The molecule has 0 aliphatic carbocycles. The molecule has 3 heteroatoms. The van der Waals surface area contributed by atoms with Crippen LogP contribution in [0.2, 0.25) is 0 Å². The van der Waals surface area contributed by atoms with Crippen LogP contribution < -0.4 is 5.32 Å². The highest BCUT2D eigenvalue weighted by atomic mass is 16.5. The number of pyridine rings is 1. The highest BCUT2D eigenvalue weighted by molar-refractivity contribution is 5.09. The van der Waals surface area contributed by atoms with Gasteiger partial charge in [-0.15, -0.1) is 0 Å². The lowest BCUT2D eigenvalue weighted by Crippen LogP contribution is -2.16. The number of hydrogen-bond donors (Lipinski definition) is 1. The Bertz CT molecular complexity index is 335.